The Morgan fingerprint density at radius 2 is 1.75 bits per heavy atom. The molecule has 0 aromatic heterocycles. The van der Waals surface area contributed by atoms with Crippen LogP contribution in [-0.4, -0.2) is 12.1 Å². The lowest BCUT2D eigenvalue weighted by molar-refractivity contribution is 0.212. The molecule has 2 heteroatoms. The minimum Gasteiger partial charge on any atom is -0.255 e. The maximum Gasteiger partial charge on any atom is 0.0794 e. The van der Waals surface area contributed by atoms with Crippen molar-refractivity contribution in [1.29, 1.82) is 0 Å². The minimum atomic E-state index is 0. The smallest absolute Gasteiger partial charge is 0.0794 e. The molecule has 0 fully saturated rings. The first-order chi connectivity index (χ1) is 1.41. The van der Waals surface area contributed by atoms with Crippen LogP contribution in [0.25, 0.3) is 0 Å². The topological polar surface area (TPSA) is 49.9 Å². The second kappa shape index (κ2) is 12.7. The monoisotopic (exact) mass is 62.0 g/mol. The van der Waals surface area contributed by atoms with Gasteiger partial charge in [-0.05, 0) is 6.92 Å². The molecule has 1 N–H and O–H groups in total. The molecular formula is C2H6O2. The summed E-state index contributed by atoms with van der Waals surface area (Å²) >= 11 is 0. The molecule has 0 aliphatic heterocycles. The summed E-state index contributed by atoms with van der Waals surface area (Å²) in [5.41, 5.74) is 0. The van der Waals surface area contributed by atoms with Gasteiger partial charge in [0.15, 0.2) is 0 Å². The predicted molar refractivity (Wildman–Crippen MR) is 13.2 cm³/mol. The number of hydrogen-bond donors (Lipinski definition) is 1. The molecule has 26 valence electrons. The molecule has 0 bridgehead atoms. The third-order valence-corrected chi connectivity index (χ3v) is 0. The van der Waals surface area contributed by atoms with Crippen LogP contribution < -0.4 is 0 Å². The van der Waals surface area contributed by atoms with Crippen molar-refractivity contribution in [3.8, 4) is 0 Å². The second-order valence-corrected chi connectivity index (χ2v) is 0.289. The van der Waals surface area contributed by atoms with E-state index in [4.69, 9.17) is 5.11 Å². The molecule has 0 atom stereocenters. The molecule has 0 unspecified atom stereocenters. The van der Waals surface area contributed by atoms with Crippen LogP contribution in [0.3, 0.4) is 0 Å². The third-order valence-electron chi connectivity index (χ3n) is 0. The zero-order valence-electron chi connectivity index (χ0n) is 2.56. The van der Waals surface area contributed by atoms with Crippen molar-refractivity contribution in [3.05, 3.63) is 0 Å². The van der Waals surface area contributed by atoms with Crippen LogP contribution in [-0.2, 0) is 5.11 Å². The van der Waals surface area contributed by atoms with E-state index in [1.165, 1.54) is 0 Å². The zero-order valence-corrected chi connectivity index (χ0v) is 2.56. The van der Waals surface area contributed by atoms with Crippen LogP contribution >= 0.6 is 0 Å². The summed E-state index contributed by atoms with van der Waals surface area (Å²) in [6.07, 6.45) is 0. The predicted octanol–water partition coefficient (Wildman–Crippen LogP) is 0.260. The summed E-state index contributed by atoms with van der Waals surface area (Å²) in [7, 11) is 0. The van der Waals surface area contributed by atoms with Gasteiger partial charge in [0.2, 0.25) is 0 Å². The van der Waals surface area contributed by atoms with E-state index in [9.17, 15) is 0 Å². The van der Waals surface area contributed by atoms with Crippen LogP contribution in [0, 0.1) is 0 Å². The van der Waals surface area contributed by atoms with Crippen LogP contribution in [0.5, 0.6) is 0 Å². The second-order valence-electron chi connectivity index (χ2n) is 0.289. The fraction of sp³-hybridized carbons (Fsp3) is 1.00. The highest BCUT2D eigenvalue weighted by Gasteiger charge is 1.39. The van der Waals surface area contributed by atoms with Gasteiger partial charge < -0.3 is 0 Å². The van der Waals surface area contributed by atoms with E-state index in [1.54, 1.807) is 6.92 Å². The molecule has 2 nitrogen and oxygen atoms in total. The first-order valence-corrected chi connectivity index (χ1v) is 0.996. The van der Waals surface area contributed by atoms with Crippen molar-refractivity contribution >= 4 is 0 Å². The van der Waals surface area contributed by atoms with Crippen LogP contribution in [0.4, 0.5) is 0 Å². The fourth-order valence-electron chi connectivity index (χ4n) is 0. The molecule has 0 amide bonds. The van der Waals surface area contributed by atoms with Gasteiger partial charge in [0, 0.05) is 0 Å². The lowest BCUT2D eigenvalue weighted by Gasteiger charge is -1.45. The van der Waals surface area contributed by atoms with Crippen molar-refractivity contribution in [3.63, 3.8) is 0 Å². The van der Waals surface area contributed by atoms with Gasteiger partial charge in [-0.15, -0.1) is 0 Å². The highest BCUT2D eigenvalue weighted by Crippen LogP contribution is 1.33. The van der Waals surface area contributed by atoms with Crippen LogP contribution in [0.2, 0.25) is 0 Å². The van der Waals surface area contributed by atoms with Gasteiger partial charge in [-0.2, -0.15) is 0 Å². The first-order valence-electron chi connectivity index (χ1n) is 0.996. The summed E-state index contributed by atoms with van der Waals surface area (Å²) < 4.78 is 0. The SMILES string of the molecule is CC[O].[OH]. The lowest BCUT2D eigenvalue weighted by atomic mass is 10.9. The van der Waals surface area contributed by atoms with Gasteiger partial charge in [0.1, 0.15) is 0 Å². The average Bonchev–Trinajstić information content (AvgIpc) is 0.918. The molecule has 2 radical (unpaired) electrons. The first kappa shape index (κ1) is 9.07. The normalized spacial score (nSPS) is 4.50. The third kappa shape index (κ3) is 254. The van der Waals surface area contributed by atoms with Gasteiger partial charge >= 0.3 is 0 Å². The molecule has 0 aromatic rings. The Labute approximate surface area is 25.4 Å². The summed E-state index contributed by atoms with van der Waals surface area (Å²) in [5, 5.41) is 8.93. The Morgan fingerprint density at radius 1 is 1.75 bits per heavy atom. The van der Waals surface area contributed by atoms with E-state index in [1.807, 2.05) is 0 Å². The molecule has 4 heavy (non-hydrogen) atoms. The van der Waals surface area contributed by atoms with Gasteiger partial charge in [-0.25, -0.2) is 5.11 Å². The standard InChI is InChI=1S/C2H5O.HO/c1-2-3;/h2H2,1H3;1H. The van der Waals surface area contributed by atoms with E-state index in [2.05, 4.69) is 0 Å². The van der Waals surface area contributed by atoms with E-state index in [0.29, 0.717) is 0 Å². The maximum absolute atomic E-state index is 8.93. The molecule has 0 heterocycles. The van der Waals surface area contributed by atoms with E-state index in [0.717, 1.165) is 0 Å². The van der Waals surface area contributed by atoms with Crippen LogP contribution in [0.1, 0.15) is 6.92 Å². The fourth-order valence-corrected chi connectivity index (χ4v) is 0. The van der Waals surface area contributed by atoms with Crippen molar-refractivity contribution in [1.82, 2.24) is 0 Å². The van der Waals surface area contributed by atoms with Crippen molar-refractivity contribution < 1.29 is 10.6 Å². The van der Waals surface area contributed by atoms with E-state index in [-0.39, 0.29) is 12.1 Å². The van der Waals surface area contributed by atoms with Crippen LogP contribution in [0.15, 0.2) is 0 Å². The minimum absolute atomic E-state index is 0. The quantitative estimate of drug-likeness (QED) is 0.418. The Balaban J connectivity index is 0. The molecule has 0 aliphatic carbocycles. The summed E-state index contributed by atoms with van der Waals surface area (Å²) in [6.45, 7) is 1.57. The Hall–Kier alpha value is -0.0800. The lowest BCUT2D eigenvalue weighted by Crippen LogP contribution is -1.52. The average molecular weight is 62.1 g/mol. The van der Waals surface area contributed by atoms with Gasteiger partial charge in [0.25, 0.3) is 0 Å². The van der Waals surface area contributed by atoms with Gasteiger partial charge in [-0.1, -0.05) is 0 Å². The van der Waals surface area contributed by atoms with Gasteiger partial charge in [-0.3, -0.25) is 5.48 Å². The highest BCUT2D eigenvalue weighted by atomic mass is 16.2. The number of hydrogen-bond acceptors (Lipinski definition) is 0. The van der Waals surface area contributed by atoms with Gasteiger partial charge in [0.05, 0.1) is 6.61 Å². The largest absolute Gasteiger partial charge is 0.255 e. The maximum atomic E-state index is 8.93. The molecular weight excluding hydrogens is 56.0 g/mol. The Morgan fingerprint density at radius 3 is 1.75 bits per heavy atom. The molecule has 0 saturated carbocycles. The van der Waals surface area contributed by atoms with Crippen molar-refractivity contribution in [2.45, 2.75) is 6.92 Å². The summed E-state index contributed by atoms with van der Waals surface area (Å²) in [4.78, 5) is 0. The number of rotatable bonds is 0. The molecule has 0 aromatic carbocycles. The summed E-state index contributed by atoms with van der Waals surface area (Å²) in [6, 6.07) is 0. The van der Waals surface area contributed by atoms with Crippen molar-refractivity contribution in [2.24, 2.45) is 0 Å². The Bertz CT molecular complexity index is 4.00. The molecule has 0 rings (SSSR count). The van der Waals surface area contributed by atoms with Crippen molar-refractivity contribution in [2.75, 3.05) is 6.61 Å². The molecule has 0 aliphatic rings. The highest BCUT2D eigenvalue weighted by molar-refractivity contribution is 3.83. The van der Waals surface area contributed by atoms with E-state index < -0.39 is 0 Å². The zero-order chi connectivity index (χ0) is 2.71. The molecule has 0 spiro atoms. The van der Waals surface area contributed by atoms with E-state index >= 15 is 0 Å². The summed E-state index contributed by atoms with van der Waals surface area (Å²) in [5.74, 6) is 0. The molecule has 0 saturated heterocycles. The Kier molecular flexibility index (Phi) is 28.8.